The Kier molecular flexibility index (Phi) is 5.11. The van der Waals surface area contributed by atoms with Gasteiger partial charge in [0.2, 0.25) is 0 Å². The van der Waals surface area contributed by atoms with Crippen molar-refractivity contribution >= 4 is 5.91 Å². The molecule has 1 saturated heterocycles. The number of carbonyl (C=O) groups is 1. The van der Waals surface area contributed by atoms with E-state index in [9.17, 15) is 18.0 Å². The molecule has 0 radical (unpaired) electrons. The van der Waals surface area contributed by atoms with Crippen LogP contribution in [0.4, 0.5) is 13.2 Å². The summed E-state index contributed by atoms with van der Waals surface area (Å²) in [6.45, 7) is 0.948. The molecule has 25 heavy (non-hydrogen) atoms. The second kappa shape index (κ2) is 7.30. The van der Waals surface area contributed by atoms with Crippen LogP contribution in [0.15, 0.2) is 54.6 Å². The number of likely N-dealkylation sites (tertiary alicyclic amines) is 1. The van der Waals surface area contributed by atoms with Crippen molar-refractivity contribution in [3.05, 3.63) is 71.3 Å². The minimum absolute atomic E-state index is 0.158. The number of benzene rings is 2. The number of halogens is 3. The Hall–Kier alpha value is -2.30. The first kappa shape index (κ1) is 17.5. The maximum atomic E-state index is 13.2. The Balaban J connectivity index is 1.87. The van der Waals surface area contributed by atoms with Crippen molar-refractivity contribution in [2.24, 2.45) is 0 Å². The van der Waals surface area contributed by atoms with Gasteiger partial charge >= 0.3 is 6.18 Å². The molecule has 1 heterocycles. The van der Waals surface area contributed by atoms with Gasteiger partial charge in [-0.3, -0.25) is 4.79 Å². The van der Waals surface area contributed by atoms with Gasteiger partial charge in [-0.2, -0.15) is 13.2 Å². The highest BCUT2D eigenvalue weighted by molar-refractivity contribution is 5.96. The number of rotatable bonds is 2. The van der Waals surface area contributed by atoms with Gasteiger partial charge in [0, 0.05) is 19.0 Å². The number of nitrogens with zero attached hydrogens (tertiary/aromatic N) is 1. The van der Waals surface area contributed by atoms with Crippen LogP contribution in [0.5, 0.6) is 0 Å². The average molecular weight is 347 g/mol. The highest BCUT2D eigenvalue weighted by Gasteiger charge is 2.36. The molecule has 2 nitrogen and oxygen atoms in total. The van der Waals surface area contributed by atoms with Gasteiger partial charge in [-0.1, -0.05) is 48.9 Å². The summed E-state index contributed by atoms with van der Waals surface area (Å²) in [7, 11) is 0. The average Bonchev–Trinajstić information content (AvgIpc) is 2.87. The number of hydrogen-bond acceptors (Lipinski definition) is 1. The lowest BCUT2D eigenvalue weighted by atomic mass is 9.94. The zero-order valence-electron chi connectivity index (χ0n) is 13.8. The van der Waals surface area contributed by atoms with E-state index in [4.69, 9.17) is 0 Å². The summed E-state index contributed by atoms with van der Waals surface area (Å²) in [5, 5.41) is 0. The monoisotopic (exact) mass is 347 g/mol. The predicted molar refractivity (Wildman–Crippen MR) is 90.4 cm³/mol. The third kappa shape index (κ3) is 4.03. The summed E-state index contributed by atoms with van der Waals surface area (Å²) in [5.41, 5.74) is 0.00975. The Morgan fingerprint density at radius 1 is 0.960 bits per heavy atom. The summed E-state index contributed by atoms with van der Waals surface area (Å²) < 4.78 is 39.7. The molecule has 0 aliphatic carbocycles. The maximum Gasteiger partial charge on any atom is 0.417 e. The van der Waals surface area contributed by atoms with Crippen molar-refractivity contribution in [1.29, 1.82) is 0 Å². The van der Waals surface area contributed by atoms with Crippen LogP contribution in [-0.2, 0) is 6.18 Å². The molecular formula is C20H20F3NO. The van der Waals surface area contributed by atoms with Crippen molar-refractivity contribution in [2.45, 2.75) is 31.4 Å². The van der Waals surface area contributed by atoms with Gasteiger partial charge in [-0.25, -0.2) is 0 Å². The van der Waals surface area contributed by atoms with Crippen LogP contribution in [-0.4, -0.2) is 23.9 Å². The molecule has 1 unspecified atom stereocenters. The lowest BCUT2D eigenvalue weighted by molar-refractivity contribution is -0.138. The minimum Gasteiger partial charge on any atom is -0.338 e. The quantitative estimate of drug-likeness (QED) is 0.739. The smallest absolute Gasteiger partial charge is 0.338 e. The molecule has 0 aromatic heterocycles. The maximum absolute atomic E-state index is 13.2. The fraction of sp³-hybridized carbons (Fsp3) is 0.350. The first-order valence-electron chi connectivity index (χ1n) is 8.47. The van der Waals surface area contributed by atoms with E-state index in [0.29, 0.717) is 13.1 Å². The second-order valence-corrected chi connectivity index (χ2v) is 6.40. The van der Waals surface area contributed by atoms with Gasteiger partial charge in [0.25, 0.3) is 5.91 Å². The Labute approximate surface area is 145 Å². The summed E-state index contributed by atoms with van der Waals surface area (Å²) in [4.78, 5) is 14.4. The molecule has 1 amide bonds. The topological polar surface area (TPSA) is 20.3 Å². The van der Waals surface area contributed by atoms with Gasteiger partial charge in [0.1, 0.15) is 0 Å². The predicted octanol–water partition coefficient (Wildman–Crippen LogP) is 5.12. The van der Waals surface area contributed by atoms with Crippen LogP contribution in [0.3, 0.4) is 0 Å². The van der Waals surface area contributed by atoms with E-state index in [1.54, 1.807) is 4.90 Å². The molecule has 0 N–H and O–H groups in total. The van der Waals surface area contributed by atoms with Crippen molar-refractivity contribution in [3.8, 4) is 0 Å². The number of alkyl halides is 3. The molecule has 5 heteroatoms. The van der Waals surface area contributed by atoms with Crippen molar-refractivity contribution in [1.82, 2.24) is 4.90 Å². The number of carbonyl (C=O) groups excluding carboxylic acids is 1. The van der Waals surface area contributed by atoms with E-state index in [2.05, 4.69) is 0 Å². The lowest BCUT2D eigenvalue weighted by Crippen LogP contribution is -2.35. The van der Waals surface area contributed by atoms with Crippen LogP contribution in [0, 0.1) is 0 Å². The molecule has 1 fully saturated rings. The molecular weight excluding hydrogens is 327 g/mol. The molecule has 1 atom stereocenters. The number of hydrogen-bond donors (Lipinski definition) is 0. The zero-order valence-corrected chi connectivity index (χ0v) is 13.8. The van der Waals surface area contributed by atoms with Crippen molar-refractivity contribution in [3.63, 3.8) is 0 Å². The minimum atomic E-state index is -4.53. The Morgan fingerprint density at radius 2 is 1.64 bits per heavy atom. The highest BCUT2D eigenvalue weighted by Crippen LogP contribution is 2.33. The second-order valence-electron chi connectivity index (χ2n) is 6.40. The number of amides is 1. The SMILES string of the molecule is O=C(c1ccccc1C(F)(F)F)N1CCCCC(c2ccccc2)C1. The van der Waals surface area contributed by atoms with Gasteiger partial charge in [0.05, 0.1) is 11.1 Å². The summed E-state index contributed by atoms with van der Waals surface area (Å²) in [5.74, 6) is -0.374. The van der Waals surface area contributed by atoms with Crippen molar-refractivity contribution in [2.75, 3.05) is 13.1 Å². The molecule has 2 aromatic rings. The molecule has 0 spiro atoms. The van der Waals surface area contributed by atoms with E-state index in [1.807, 2.05) is 30.3 Å². The van der Waals surface area contributed by atoms with Crippen LogP contribution < -0.4 is 0 Å². The molecule has 3 rings (SSSR count). The normalized spacial score (nSPS) is 18.7. The summed E-state index contributed by atoms with van der Waals surface area (Å²) in [6.07, 6.45) is -1.82. The first-order chi connectivity index (χ1) is 12.0. The van der Waals surface area contributed by atoms with Gasteiger partial charge in [0.15, 0.2) is 0 Å². The van der Waals surface area contributed by atoms with Gasteiger partial charge in [-0.05, 0) is 30.5 Å². The van der Waals surface area contributed by atoms with E-state index < -0.39 is 17.6 Å². The molecule has 2 aromatic carbocycles. The molecule has 132 valence electrons. The summed E-state index contributed by atoms with van der Waals surface area (Å²) >= 11 is 0. The van der Waals surface area contributed by atoms with E-state index in [-0.39, 0.29) is 11.5 Å². The van der Waals surface area contributed by atoms with Gasteiger partial charge in [-0.15, -0.1) is 0 Å². The zero-order chi connectivity index (χ0) is 17.9. The fourth-order valence-corrected chi connectivity index (χ4v) is 3.41. The van der Waals surface area contributed by atoms with Gasteiger partial charge < -0.3 is 4.90 Å². The van der Waals surface area contributed by atoms with E-state index in [1.165, 1.54) is 18.2 Å². The lowest BCUT2D eigenvalue weighted by Gasteiger charge is -2.26. The van der Waals surface area contributed by atoms with E-state index in [0.717, 1.165) is 30.9 Å². The van der Waals surface area contributed by atoms with E-state index >= 15 is 0 Å². The molecule has 0 saturated carbocycles. The fourth-order valence-electron chi connectivity index (χ4n) is 3.41. The largest absolute Gasteiger partial charge is 0.417 e. The van der Waals surface area contributed by atoms with Crippen molar-refractivity contribution < 1.29 is 18.0 Å². The Bertz CT molecular complexity index is 727. The van der Waals surface area contributed by atoms with Crippen LogP contribution in [0.2, 0.25) is 0 Å². The third-order valence-corrected chi connectivity index (χ3v) is 4.69. The molecule has 1 aliphatic heterocycles. The van der Waals surface area contributed by atoms with Crippen LogP contribution in [0.25, 0.3) is 0 Å². The highest BCUT2D eigenvalue weighted by atomic mass is 19.4. The standard InChI is InChI=1S/C20H20F3NO/c21-20(22,23)18-12-5-4-11-17(18)19(25)24-13-7-6-10-16(14-24)15-8-2-1-3-9-15/h1-5,8-9,11-12,16H,6-7,10,13-14H2. The Morgan fingerprint density at radius 3 is 2.36 bits per heavy atom. The summed E-state index contributed by atoms with van der Waals surface area (Å²) in [6, 6.07) is 14.9. The third-order valence-electron chi connectivity index (χ3n) is 4.69. The first-order valence-corrected chi connectivity index (χ1v) is 8.47. The molecule has 1 aliphatic rings. The molecule has 0 bridgehead atoms. The van der Waals surface area contributed by atoms with Crippen LogP contribution in [0.1, 0.15) is 46.7 Å². The van der Waals surface area contributed by atoms with Crippen LogP contribution >= 0.6 is 0 Å².